The van der Waals surface area contributed by atoms with Crippen LogP contribution in [-0.4, -0.2) is 42.1 Å². The normalized spacial score (nSPS) is 10.7. The molecule has 0 radical (unpaired) electrons. The SMILES string of the molecule is CCc1ccc(Nc2cc(NCCN(C)C)ncn2)cc1. The number of hydrogen-bond donors (Lipinski definition) is 2. The highest BCUT2D eigenvalue weighted by atomic mass is 15.1. The van der Waals surface area contributed by atoms with E-state index in [1.54, 1.807) is 6.33 Å². The van der Waals surface area contributed by atoms with Gasteiger partial charge in [-0.2, -0.15) is 0 Å². The van der Waals surface area contributed by atoms with Crippen LogP contribution in [0.25, 0.3) is 0 Å². The number of aryl methyl sites for hydroxylation is 1. The first-order valence-electron chi connectivity index (χ1n) is 7.24. The summed E-state index contributed by atoms with van der Waals surface area (Å²) in [5.41, 5.74) is 2.36. The van der Waals surface area contributed by atoms with Gasteiger partial charge in [0.2, 0.25) is 0 Å². The average Bonchev–Trinajstić information content (AvgIpc) is 2.48. The van der Waals surface area contributed by atoms with Crippen molar-refractivity contribution in [2.75, 3.05) is 37.8 Å². The van der Waals surface area contributed by atoms with Crippen molar-refractivity contribution >= 4 is 17.3 Å². The van der Waals surface area contributed by atoms with E-state index in [2.05, 4.69) is 70.8 Å². The zero-order valence-electron chi connectivity index (χ0n) is 12.9. The first-order valence-corrected chi connectivity index (χ1v) is 7.24. The zero-order valence-corrected chi connectivity index (χ0v) is 12.9. The number of anilines is 3. The third-order valence-corrected chi connectivity index (χ3v) is 3.17. The van der Waals surface area contributed by atoms with Crippen LogP contribution < -0.4 is 10.6 Å². The maximum absolute atomic E-state index is 4.25. The number of hydrogen-bond acceptors (Lipinski definition) is 5. The number of likely N-dealkylation sites (N-methyl/N-ethyl adjacent to an activating group) is 1. The van der Waals surface area contributed by atoms with Crippen LogP contribution in [-0.2, 0) is 6.42 Å². The van der Waals surface area contributed by atoms with Crippen molar-refractivity contribution in [3.05, 3.63) is 42.2 Å². The Kier molecular flexibility index (Phi) is 5.51. The van der Waals surface area contributed by atoms with Crippen LogP contribution in [0.1, 0.15) is 12.5 Å². The van der Waals surface area contributed by atoms with E-state index in [0.717, 1.165) is 36.8 Å². The van der Waals surface area contributed by atoms with Crippen molar-refractivity contribution in [2.24, 2.45) is 0 Å². The number of rotatable bonds is 7. The Morgan fingerprint density at radius 2 is 1.76 bits per heavy atom. The predicted molar refractivity (Wildman–Crippen MR) is 88.2 cm³/mol. The molecule has 1 heterocycles. The second-order valence-electron chi connectivity index (χ2n) is 5.19. The molecule has 0 fully saturated rings. The van der Waals surface area contributed by atoms with E-state index in [4.69, 9.17) is 0 Å². The van der Waals surface area contributed by atoms with Gasteiger partial charge < -0.3 is 15.5 Å². The van der Waals surface area contributed by atoms with E-state index < -0.39 is 0 Å². The fourth-order valence-corrected chi connectivity index (χ4v) is 1.90. The molecule has 21 heavy (non-hydrogen) atoms. The summed E-state index contributed by atoms with van der Waals surface area (Å²) in [4.78, 5) is 10.6. The molecular weight excluding hydrogens is 262 g/mol. The van der Waals surface area contributed by atoms with Crippen molar-refractivity contribution in [3.63, 3.8) is 0 Å². The lowest BCUT2D eigenvalue weighted by Gasteiger charge is -2.11. The minimum Gasteiger partial charge on any atom is -0.369 e. The summed E-state index contributed by atoms with van der Waals surface area (Å²) in [6.45, 7) is 3.97. The van der Waals surface area contributed by atoms with Crippen LogP contribution in [0.5, 0.6) is 0 Å². The Bertz CT molecular complexity index is 551. The lowest BCUT2D eigenvalue weighted by Crippen LogP contribution is -2.21. The quantitative estimate of drug-likeness (QED) is 0.819. The second kappa shape index (κ2) is 7.59. The van der Waals surface area contributed by atoms with Gasteiger partial charge in [0.25, 0.3) is 0 Å². The van der Waals surface area contributed by atoms with Gasteiger partial charge in [-0.25, -0.2) is 9.97 Å². The van der Waals surface area contributed by atoms with Gasteiger partial charge in [0.05, 0.1) is 0 Å². The van der Waals surface area contributed by atoms with Gasteiger partial charge in [-0.1, -0.05) is 19.1 Å². The molecule has 112 valence electrons. The van der Waals surface area contributed by atoms with Crippen LogP contribution in [0.3, 0.4) is 0 Å². The summed E-state index contributed by atoms with van der Waals surface area (Å²) in [5, 5.41) is 6.58. The first-order chi connectivity index (χ1) is 10.2. The molecular formula is C16H23N5. The van der Waals surface area contributed by atoms with Gasteiger partial charge in [-0.3, -0.25) is 0 Å². The van der Waals surface area contributed by atoms with Gasteiger partial charge in [-0.05, 0) is 38.2 Å². The Morgan fingerprint density at radius 3 is 2.43 bits per heavy atom. The van der Waals surface area contributed by atoms with E-state index in [-0.39, 0.29) is 0 Å². The van der Waals surface area contributed by atoms with Crippen molar-refractivity contribution in [2.45, 2.75) is 13.3 Å². The Morgan fingerprint density at radius 1 is 1.05 bits per heavy atom. The summed E-state index contributed by atoms with van der Waals surface area (Å²) in [6, 6.07) is 10.3. The molecule has 1 aromatic carbocycles. The minimum atomic E-state index is 0.793. The topological polar surface area (TPSA) is 53.1 Å². The summed E-state index contributed by atoms with van der Waals surface area (Å²) in [7, 11) is 4.10. The summed E-state index contributed by atoms with van der Waals surface area (Å²) < 4.78 is 0. The van der Waals surface area contributed by atoms with Gasteiger partial charge in [0.1, 0.15) is 18.0 Å². The maximum Gasteiger partial charge on any atom is 0.135 e. The number of nitrogens with zero attached hydrogens (tertiary/aromatic N) is 3. The molecule has 5 heteroatoms. The highest BCUT2D eigenvalue weighted by Gasteiger charge is 2.00. The summed E-state index contributed by atoms with van der Waals surface area (Å²) >= 11 is 0. The Hall–Kier alpha value is -2.14. The molecule has 0 aliphatic heterocycles. The van der Waals surface area contributed by atoms with Crippen molar-refractivity contribution in [3.8, 4) is 0 Å². The fourth-order valence-electron chi connectivity index (χ4n) is 1.90. The average molecular weight is 285 g/mol. The molecule has 0 aliphatic rings. The third-order valence-electron chi connectivity index (χ3n) is 3.17. The molecule has 1 aromatic heterocycles. The van der Waals surface area contributed by atoms with E-state index in [1.165, 1.54) is 5.56 Å². The van der Waals surface area contributed by atoms with Crippen LogP contribution >= 0.6 is 0 Å². The van der Waals surface area contributed by atoms with E-state index in [0.29, 0.717) is 0 Å². The van der Waals surface area contributed by atoms with Gasteiger partial charge >= 0.3 is 0 Å². The molecule has 0 spiro atoms. The lowest BCUT2D eigenvalue weighted by atomic mass is 10.1. The highest BCUT2D eigenvalue weighted by Crippen LogP contribution is 2.17. The molecule has 0 bridgehead atoms. The Balaban J connectivity index is 1.96. The molecule has 2 rings (SSSR count). The maximum atomic E-state index is 4.25. The van der Waals surface area contributed by atoms with Gasteiger partial charge in [0.15, 0.2) is 0 Å². The van der Waals surface area contributed by atoms with Crippen molar-refractivity contribution in [1.29, 1.82) is 0 Å². The van der Waals surface area contributed by atoms with Crippen LogP contribution in [0.15, 0.2) is 36.7 Å². The van der Waals surface area contributed by atoms with Crippen LogP contribution in [0, 0.1) is 0 Å². The molecule has 2 aromatic rings. The largest absolute Gasteiger partial charge is 0.369 e. The minimum absolute atomic E-state index is 0.793. The predicted octanol–water partition coefficient (Wildman–Crippen LogP) is 2.76. The molecule has 0 amide bonds. The molecule has 2 N–H and O–H groups in total. The van der Waals surface area contributed by atoms with E-state index >= 15 is 0 Å². The van der Waals surface area contributed by atoms with E-state index in [9.17, 15) is 0 Å². The summed E-state index contributed by atoms with van der Waals surface area (Å²) in [5.74, 6) is 1.63. The standard InChI is InChI=1S/C16H23N5/c1-4-13-5-7-14(8-6-13)20-16-11-15(18-12-19-16)17-9-10-21(2)3/h5-8,11-12H,4,9-10H2,1-3H3,(H2,17,18,19,20). The van der Waals surface area contributed by atoms with Crippen LogP contribution in [0.4, 0.5) is 17.3 Å². The molecule has 0 aliphatic carbocycles. The second-order valence-corrected chi connectivity index (χ2v) is 5.19. The van der Waals surface area contributed by atoms with E-state index in [1.807, 2.05) is 6.07 Å². The monoisotopic (exact) mass is 285 g/mol. The number of nitrogens with one attached hydrogen (secondary N) is 2. The molecule has 0 saturated heterocycles. The van der Waals surface area contributed by atoms with Crippen LogP contribution in [0.2, 0.25) is 0 Å². The fraction of sp³-hybridized carbons (Fsp3) is 0.375. The molecule has 0 atom stereocenters. The number of aromatic nitrogens is 2. The smallest absolute Gasteiger partial charge is 0.135 e. The molecule has 5 nitrogen and oxygen atoms in total. The number of benzene rings is 1. The van der Waals surface area contributed by atoms with Crippen molar-refractivity contribution < 1.29 is 0 Å². The third kappa shape index (κ3) is 5.04. The first kappa shape index (κ1) is 15.3. The molecule has 0 saturated carbocycles. The van der Waals surface area contributed by atoms with Crippen molar-refractivity contribution in [1.82, 2.24) is 14.9 Å². The Labute approximate surface area is 126 Å². The van der Waals surface area contributed by atoms with Gasteiger partial charge in [0, 0.05) is 24.8 Å². The molecule has 0 unspecified atom stereocenters. The summed E-state index contributed by atoms with van der Waals surface area (Å²) in [6.07, 6.45) is 2.62. The van der Waals surface area contributed by atoms with Gasteiger partial charge in [-0.15, -0.1) is 0 Å². The lowest BCUT2D eigenvalue weighted by molar-refractivity contribution is 0.425. The highest BCUT2D eigenvalue weighted by molar-refractivity contribution is 5.59. The zero-order chi connectivity index (χ0) is 15.1.